The van der Waals surface area contributed by atoms with Crippen molar-refractivity contribution in [1.29, 1.82) is 0 Å². The van der Waals surface area contributed by atoms with E-state index in [0.29, 0.717) is 11.0 Å². The highest BCUT2D eigenvalue weighted by Crippen LogP contribution is 2.28. The molecule has 0 unspecified atom stereocenters. The van der Waals surface area contributed by atoms with Crippen LogP contribution in [0.15, 0.2) is 24.3 Å². The number of hydrogen-bond donors (Lipinski definition) is 0. The summed E-state index contributed by atoms with van der Waals surface area (Å²) in [5, 5.41) is 0. The highest BCUT2D eigenvalue weighted by atomic mass is 32.1. The first-order valence-electron chi connectivity index (χ1n) is 10.2. The quantitative estimate of drug-likeness (QED) is 0.225. The van der Waals surface area contributed by atoms with Gasteiger partial charge in [0.2, 0.25) is 12.1 Å². The van der Waals surface area contributed by atoms with Crippen molar-refractivity contribution in [2.24, 2.45) is 0 Å². The summed E-state index contributed by atoms with van der Waals surface area (Å²) in [6.07, 6.45) is 0. The van der Waals surface area contributed by atoms with E-state index < -0.39 is 36.0 Å². The normalized spacial score (nSPS) is 10.9. The third-order valence-electron chi connectivity index (χ3n) is 4.37. The standard InChI is InChI=1S/C21H26N2O8S/c1-5-28-17(24)15(18(25)29-6-2)22-13-11-9-10-12-14(13)23(21(22)32)16(19(26)30-7-3)20(27)31-8-4/h9-12,15-16H,5-8H2,1-4H3. The van der Waals surface area contributed by atoms with E-state index in [-0.39, 0.29) is 31.2 Å². The number of rotatable bonds is 10. The van der Waals surface area contributed by atoms with E-state index in [1.807, 2.05) is 0 Å². The molecule has 0 spiro atoms. The van der Waals surface area contributed by atoms with E-state index >= 15 is 0 Å². The Bertz CT molecular complexity index is 942. The number of ether oxygens (including phenoxy) is 4. The third kappa shape index (κ3) is 4.98. The number of carbonyl (C=O) groups excluding carboxylic acids is 4. The van der Waals surface area contributed by atoms with Crippen LogP contribution >= 0.6 is 12.2 Å². The van der Waals surface area contributed by atoms with E-state index in [4.69, 9.17) is 31.2 Å². The summed E-state index contributed by atoms with van der Waals surface area (Å²) in [5.74, 6) is -3.52. The molecule has 174 valence electrons. The van der Waals surface area contributed by atoms with Crippen LogP contribution in [0.25, 0.3) is 11.0 Å². The van der Waals surface area contributed by atoms with Gasteiger partial charge in [-0.3, -0.25) is 9.13 Å². The van der Waals surface area contributed by atoms with Gasteiger partial charge in [-0.25, -0.2) is 19.2 Å². The second-order valence-electron chi connectivity index (χ2n) is 6.32. The molecule has 1 heterocycles. The van der Waals surface area contributed by atoms with Crippen LogP contribution in [-0.2, 0) is 38.1 Å². The number of carbonyl (C=O) groups is 4. The van der Waals surface area contributed by atoms with Gasteiger partial charge >= 0.3 is 23.9 Å². The van der Waals surface area contributed by atoms with Crippen molar-refractivity contribution in [1.82, 2.24) is 9.13 Å². The molecule has 0 amide bonds. The fourth-order valence-corrected chi connectivity index (χ4v) is 3.60. The summed E-state index contributed by atoms with van der Waals surface area (Å²) in [7, 11) is 0. The number of hydrogen-bond acceptors (Lipinski definition) is 9. The lowest BCUT2D eigenvalue weighted by atomic mass is 10.2. The molecule has 0 saturated heterocycles. The fraction of sp³-hybridized carbons (Fsp3) is 0.476. The minimum atomic E-state index is -1.57. The summed E-state index contributed by atoms with van der Waals surface area (Å²) in [4.78, 5) is 50.9. The Kier molecular flexibility index (Phi) is 8.94. The van der Waals surface area contributed by atoms with E-state index in [2.05, 4.69) is 0 Å². The molecule has 2 rings (SSSR count). The van der Waals surface area contributed by atoms with Crippen molar-refractivity contribution < 1.29 is 38.1 Å². The first kappa shape index (κ1) is 25.1. The van der Waals surface area contributed by atoms with Crippen molar-refractivity contribution >= 4 is 47.1 Å². The van der Waals surface area contributed by atoms with Gasteiger partial charge in [0.15, 0.2) is 4.77 Å². The van der Waals surface area contributed by atoms with E-state index in [1.165, 1.54) is 9.13 Å². The van der Waals surface area contributed by atoms with Gasteiger partial charge in [0, 0.05) is 0 Å². The summed E-state index contributed by atoms with van der Waals surface area (Å²) in [6.45, 7) is 6.48. The number of aromatic nitrogens is 2. The monoisotopic (exact) mass is 466 g/mol. The Balaban J connectivity index is 2.85. The third-order valence-corrected chi connectivity index (χ3v) is 4.76. The fourth-order valence-electron chi connectivity index (χ4n) is 3.19. The Morgan fingerprint density at radius 1 is 0.688 bits per heavy atom. The number of para-hydroxylation sites is 2. The zero-order chi connectivity index (χ0) is 23.8. The number of nitrogens with zero attached hydrogens (tertiary/aromatic N) is 2. The Hall–Kier alpha value is -3.21. The summed E-state index contributed by atoms with van der Waals surface area (Å²) in [5.41, 5.74) is 0.643. The molecule has 0 atom stereocenters. The van der Waals surface area contributed by atoms with Crippen molar-refractivity contribution in [2.45, 2.75) is 39.8 Å². The number of fused-ring (bicyclic) bond motifs is 1. The molecule has 0 aliphatic carbocycles. The minimum absolute atomic E-state index is 0.0228. The molecule has 32 heavy (non-hydrogen) atoms. The van der Waals surface area contributed by atoms with Crippen LogP contribution in [0, 0.1) is 4.77 Å². The van der Waals surface area contributed by atoms with Gasteiger partial charge < -0.3 is 18.9 Å². The first-order valence-corrected chi connectivity index (χ1v) is 10.6. The topological polar surface area (TPSA) is 115 Å². The molecule has 0 aliphatic heterocycles. The lowest BCUT2D eigenvalue weighted by Crippen LogP contribution is -2.33. The van der Waals surface area contributed by atoms with Gasteiger partial charge in [-0.1, -0.05) is 12.1 Å². The van der Waals surface area contributed by atoms with Crippen molar-refractivity contribution in [3.63, 3.8) is 0 Å². The molecule has 0 aliphatic rings. The average molecular weight is 467 g/mol. The van der Waals surface area contributed by atoms with Crippen LogP contribution in [0.5, 0.6) is 0 Å². The van der Waals surface area contributed by atoms with E-state index in [1.54, 1.807) is 52.0 Å². The second-order valence-corrected chi connectivity index (χ2v) is 6.69. The largest absolute Gasteiger partial charge is 0.464 e. The number of imidazole rings is 1. The van der Waals surface area contributed by atoms with Gasteiger partial charge in [-0.05, 0) is 52.0 Å². The van der Waals surface area contributed by atoms with Crippen LogP contribution in [0.1, 0.15) is 39.8 Å². The molecule has 0 N–H and O–H groups in total. The number of benzene rings is 1. The maximum Gasteiger partial charge on any atom is 0.341 e. The van der Waals surface area contributed by atoms with Gasteiger partial charge in [0.05, 0.1) is 37.5 Å². The molecule has 0 bridgehead atoms. The molecule has 1 aromatic heterocycles. The summed E-state index contributed by atoms with van der Waals surface area (Å²) in [6, 6.07) is 3.38. The second kappa shape index (κ2) is 11.4. The predicted molar refractivity (Wildman–Crippen MR) is 115 cm³/mol. The Morgan fingerprint density at radius 3 is 1.22 bits per heavy atom. The maximum absolute atomic E-state index is 12.7. The summed E-state index contributed by atoms with van der Waals surface area (Å²) < 4.78 is 22.6. The zero-order valence-corrected chi connectivity index (χ0v) is 19.2. The lowest BCUT2D eigenvalue weighted by Gasteiger charge is -2.18. The molecule has 2 aromatic rings. The molecule has 1 aromatic carbocycles. The van der Waals surface area contributed by atoms with Crippen molar-refractivity contribution in [2.75, 3.05) is 26.4 Å². The SMILES string of the molecule is CCOC(=O)C(C(=O)OCC)n1c(=S)n(C(C(=O)OCC)C(=O)OCC)c2ccccc21. The molecule has 0 fully saturated rings. The number of esters is 4. The van der Waals surface area contributed by atoms with Crippen LogP contribution in [0.4, 0.5) is 0 Å². The highest BCUT2D eigenvalue weighted by Gasteiger charge is 2.39. The van der Waals surface area contributed by atoms with E-state index in [9.17, 15) is 19.2 Å². The van der Waals surface area contributed by atoms with Gasteiger partial charge in [0.1, 0.15) is 0 Å². The van der Waals surface area contributed by atoms with Crippen molar-refractivity contribution in [3.05, 3.63) is 29.0 Å². The van der Waals surface area contributed by atoms with Crippen molar-refractivity contribution in [3.8, 4) is 0 Å². The van der Waals surface area contributed by atoms with Crippen LogP contribution in [0.3, 0.4) is 0 Å². The highest BCUT2D eigenvalue weighted by molar-refractivity contribution is 7.71. The molecule has 0 radical (unpaired) electrons. The maximum atomic E-state index is 12.7. The van der Waals surface area contributed by atoms with Crippen LogP contribution < -0.4 is 0 Å². The molecular weight excluding hydrogens is 440 g/mol. The first-order chi connectivity index (χ1) is 15.3. The minimum Gasteiger partial charge on any atom is -0.464 e. The molecule has 10 nitrogen and oxygen atoms in total. The predicted octanol–water partition coefficient (Wildman–Crippen LogP) is 2.51. The molecule has 11 heteroatoms. The van der Waals surface area contributed by atoms with Crippen LogP contribution in [0.2, 0.25) is 0 Å². The Morgan fingerprint density at radius 2 is 0.969 bits per heavy atom. The Labute approximate surface area is 190 Å². The van der Waals surface area contributed by atoms with Gasteiger partial charge in [-0.15, -0.1) is 0 Å². The summed E-state index contributed by atoms with van der Waals surface area (Å²) >= 11 is 5.55. The smallest absolute Gasteiger partial charge is 0.341 e. The van der Waals surface area contributed by atoms with Gasteiger partial charge in [-0.2, -0.15) is 0 Å². The van der Waals surface area contributed by atoms with Gasteiger partial charge in [0.25, 0.3) is 0 Å². The van der Waals surface area contributed by atoms with Crippen LogP contribution in [-0.4, -0.2) is 59.4 Å². The average Bonchev–Trinajstić information content (AvgIpc) is 3.02. The van der Waals surface area contributed by atoms with E-state index in [0.717, 1.165) is 0 Å². The molecular formula is C21H26N2O8S. The molecule has 0 saturated carbocycles. The lowest BCUT2D eigenvalue weighted by molar-refractivity contribution is -0.161. The zero-order valence-electron chi connectivity index (χ0n) is 18.4.